The third-order valence-corrected chi connectivity index (χ3v) is 5.44. The van der Waals surface area contributed by atoms with Gasteiger partial charge in [0.05, 0.1) is 5.92 Å². The van der Waals surface area contributed by atoms with E-state index in [0.29, 0.717) is 6.54 Å². The predicted octanol–water partition coefficient (Wildman–Crippen LogP) is 3.25. The second kappa shape index (κ2) is 8.01. The van der Waals surface area contributed by atoms with Crippen LogP contribution in [0.3, 0.4) is 0 Å². The molecule has 5 heteroatoms. The summed E-state index contributed by atoms with van der Waals surface area (Å²) in [7, 11) is 0. The zero-order valence-corrected chi connectivity index (χ0v) is 15.7. The van der Waals surface area contributed by atoms with Crippen LogP contribution in [0.15, 0.2) is 42.5 Å². The van der Waals surface area contributed by atoms with Crippen LogP contribution in [0, 0.1) is 12.8 Å². The van der Waals surface area contributed by atoms with Crippen LogP contribution in [-0.4, -0.2) is 30.7 Å². The Hall–Kier alpha value is -2.53. The van der Waals surface area contributed by atoms with Crippen molar-refractivity contribution in [2.24, 2.45) is 5.92 Å². The Kier molecular flexibility index (Phi) is 5.30. The van der Waals surface area contributed by atoms with Gasteiger partial charge in [-0.3, -0.25) is 9.69 Å². The van der Waals surface area contributed by atoms with E-state index in [1.807, 2.05) is 18.2 Å². The molecule has 1 atom stereocenters. The summed E-state index contributed by atoms with van der Waals surface area (Å²) in [5.74, 6) is 1.71. The van der Waals surface area contributed by atoms with E-state index >= 15 is 0 Å². The van der Waals surface area contributed by atoms with Gasteiger partial charge in [-0.2, -0.15) is 0 Å². The predicted molar refractivity (Wildman–Crippen MR) is 104 cm³/mol. The van der Waals surface area contributed by atoms with Crippen molar-refractivity contribution in [1.29, 1.82) is 0 Å². The summed E-state index contributed by atoms with van der Waals surface area (Å²) in [4.78, 5) is 15.1. The fraction of sp³-hybridized carbons (Fsp3) is 0.409. The van der Waals surface area contributed by atoms with Gasteiger partial charge in [-0.1, -0.05) is 30.3 Å². The van der Waals surface area contributed by atoms with Crippen molar-refractivity contribution in [1.82, 2.24) is 10.2 Å². The molecule has 142 valence electrons. The van der Waals surface area contributed by atoms with Crippen LogP contribution in [0.1, 0.15) is 29.5 Å². The summed E-state index contributed by atoms with van der Waals surface area (Å²) in [5, 5.41) is 3.09. The molecule has 1 N–H and O–H groups in total. The molecule has 1 fully saturated rings. The standard InChI is InChI=1S/C22H26N2O3/c1-16-5-2-3-6-18(16)13-24-10-4-7-19(14-24)22(25)23-12-17-8-9-20-21(11-17)27-15-26-20/h2-3,5-6,8-9,11,19H,4,7,10,12-15H2,1H3,(H,23,25). The molecule has 1 unspecified atom stereocenters. The highest BCUT2D eigenvalue weighted by atomic mass is 16.7. The largest absolute Gasteiger partial charge is 0.454 e. The molecule has 2 aliphatic rings. The van der Waals surface area contributed by atoms with Gasteiger partial charge in [0.2, 0.25) is 12.7 Å². The fourth-order valence-corrected chi connectivity index (χ4v) is 3.83. The quantitative estimate of drug-likeness (QED) is 0.883. The molecular weight excluding hydrogens is 340 g/mol. The van der Waals surface area contributed by atoms with Crippen molar-refractivity contribution in [3.8, 4) is 11.5 Å². The van der Waals surface area contributed by atoms with Gasteiger partial charge in [0, 0.05) is 19.6 Å². The molecule has 1 amide bonds. The first-order valence-corrected chi connectivity index (χ1v) is 9.62. The van der Waals surface area contributed by atoms with Gasteiger partial charge in [0.15, 0.2) is 11.5 Å². The number of likely N-dealkylation sites (tertiary alicyclic amines) is 1. The van der Waals surface area contributed by atoms with Crippen molar-refractivity contribution in [2.75, 3.05) is 19.9 Å². The molecule has 0 saturated carbocycles. The number of piperidine rings is 1. The maximum Gasteiger partial charge on any atom is 0.231 e. The van der Waals surface area contributed by atoms with Crippen LogP contribution in [0.25, 0.3) is 0 Å². The molecule has 27 heavy (non-hydrogen) atoms. The zero-order valence-electron chi connectivity index (χ0n) is 15.7. The van der Waals surface area contributed by atoms with Crippen molar-refractivity contribution in [2.45, 2.75) is 32.9 Å². The highest BCUT2D eigenvalue weighted by Gasteiger charge is 2.26. The molecule has 2 aliphatic heterocycles. The molecule has 0 spiro atoms. The summed E-state index contributed by atoms with van der Waals surface area (Å²) >= 11 is 0. The zero-order chi connectivity index (χ0) is 18.6. The highest BCUT2D eigenvalue weighted by molar-refractivity contribution is 5.79. The van der Waals surface area contributed by atoms with E-state index in [4.69, 9.17) is 9.47 Å². The van der Waals surface area contributed by atoms with Gasteiger partial charge in [0.25, 0.3) is 0 Å². The number of fused-ring (bicyclic) bond motifs is 1. The molecule has 0 radical (unpaired) electrons. The Bertz CT molecular complexity index is 821. The van der Waals surface area contributed by atoms with Gasteiger partial charge < -0.3 is 14.8 Å². The number of nitrogens with one attached hydrogen (secondary N) is 1. The van der Waals surface area contributed by atoms with Crippen LogP contribution in [-0.2, 0) is 17.9 Å². The lowest BCUT2D eigenvalue weighted by Crippen LogP contribution is -2.42. The van der Waals surface area contributed by atoms with Crippen molar-refractivity contribution >= 4 is 5.91 Å². The average Bonchev–Trinajstić information content (AvgIpc) is 3.16. The Morgan fingerprint density at radius 2 is 2.04 bits per heavy atom. The molecule has 0 aromatic heterocycles. The number of carbonyl (C=O) groups is 1. The van der Waals surface area contributed by atoms with E-state index in [1.54, 1.807) is 0 Å². The van der Waals surface area contributed by atoms with Gasteiger partial charge in [0.1, 0.15) is 0 Å². The maximum absolute atomic E-state index is 12.7. The minimum Gasteiger partial charge on any atom is -0.454 e. The molecule has 0 aliphatic carbocycles. The number of hydrogen-bond acceptors (Lipinski definition) is 4. The number of nitrogens with zero attached hydrogens (tertiary/aromatic N) is 1. The van der Waals surface area contributed by atoms with Crippen LogP contribution >= 0.6 is 0 Å². The Labute approximate surface area is 160 Å². The third-order valence-electron chi connectivity index (χ3n) is 5.44. The average molecular weight is 366 g/mol. The minimum atomic E-state index is 0.0526. The van der Waals surface area contributed by atoms with Crippen LogP contribution in [0.5, 0.6) is 11.5 Å². The van der Waals surface area contributed by atoms with E-state index in [1.165, 1.54) is 11.1 Å². The molecule has 2 aromatic rings. The summed E-state index contributed by atoms with van der Waals surface area (Å²) in [6.07, 6.45) is 2.02. The maximum atomic E-state index is 12.7. The normalized spacial score (nSPS) is 19.1. The number of hydrogen-bond donors (Lipinski definition) is 1. The summed E-state index contributed by atoms with van der Waals surface area (Å²) in [6.45, 7) is 5.72. The fourth-order valence-electron chi connectivity index (χ4n) is 3.83. The van der Waals surface area contributed by atoms with Gasteiger partial charge in [-0.15, -0.1) is 0 Å². The minimum absolute atomic E-state index is 0.0526. The number of rotatable bonds is 5. The van der Waals surface area contributed by atoms with E-state index in [0.717, 1.165) is 49.5 Å². The molecule has 2 aromatic carbocycles. The smallest absolute Gasteiger partial charge is 0.231 e. The highest BCUT2D eigenvalue weighted by Crippen LogP contribution is 2.32. The second-order valence-electron chi connectivity index (χ2n) is 7.41. The van der Waals surface area contributed by atoms with Gasteiger partial charge in [-0.25, -0.2) is 0 Å². The lowest BCUT2D eigenvalue weighted by Gasteiger charge is -2.32. The lowest BCUT2D eigenvalue weighted by molar-refractivity contribution is -0.126. The first-order valence-electron chi connectivity index (χ1n) is 9.62. The van der Waals surface area contributed by atoms with E-state index < -0.39 is 0 Å². The van der Waals surface area contributed by atoms with Gasteiger partial charge >= 0.3 is 0 Å². The van der Waals surface area contributed by atoms with Crippen molar-refractivity contribution in [3.05, 3.63) is 59.2 Å². The first kappa shape index (κ1) is 17.9. The lowest BCUT2D eigenvalue weighted by atomic mass is 9.96. The van der Waals surface area contributed by atoms with Crippen molar-refractivity contribution < 1.29 is 14.3 Å². The first-order chi connectivity index (χ1) is 13.2. The number of carbonyl (C=O) groups excluding carboxylic acids is 1. The van der Waals surface area contributed by atoms with Gasteiger partial charge in [-0.05, 0) is 55.1 Å². The Balaban J connectivity index is 1.31. The molecule has 4 rings (SSSR count). The van der Waals surface area contributed by atoms with Crippen LogP contribution in [0.4, 0.5) is 0 Å². The van der Waals surface area contributed by atoms with Crippen molar-refractivity contribution in [3.63, 3.8) is 0 Å². The van der Waals surface area contributed by atoms with E-state index in [-0.39, 0.29) is 18.6 Å². The number of amides is 1. The second-order valence-corrected chi connectivity index (χ2v) is 7.41. The number of aryl methyl sites for hydroxylation is 1. The molecule has 2 heterocycles. The summed E-state index contributed by atoms with van der Waals surface area (Å²) in [6, 6.07) is 14.3. The summed E-state index contributed by atoms with van der Waals surface area (Å²) < 4.78 is 10.7. The van der Waals surface area contributed by atoms with Crippen LogP contribution < -0.4 is 14.8 Å². The Morgan fingerprint density at radius 1 is 1.19 bits per heavy atom. The molecular formula is C22H26N2O3. The monoisotopic (exact) mass is 366 g/mol. The van der Waals surface area contributed by atoms with E-state index in [9.17, 15) is 4.79 Å². The number of ether oxygens (including phenoxy) is 2. The third kappa shape index (κ3) is 4.25. The topological polar surface area (TPSA) is 50.8 Å². The summed E-state index contributed by atoms with van der Waals surface area (Å²) in [5.41, 5.74) is 3.69. The molecule has 5 nitrogen and oxygen atoms in total. The SMILES string of the molecule is Cc1ccccc1CN1CCCC(C(=O)NCc2ccc3c(c2)OCO3)C1. The molecule has 1 saturated heterocycles. The Morgan fingerprint density at radius 3 is 2.93 bits per heavy atom. The molecule has 0 bridgehead atoms. The van der Waals surface area contributed by atoms with E-state index in [2.05, 4.69) is 41.4 Å². The van der Waals surface area contributed by atoms with Crippen LogP contribution in [0.2, 0.25) is 0 Å². The number of benzene rings is 2.